The Labute approximate surface area is 265 Å². The quantitative estimate of drug-likeness (QED) is 0.118. The maximum atomic E-state index is 11.6. The van der Waals surface area contributed by atoms with Crippen LogP contribution in [0.4, 0.5) is 0 Å². The summed E-state index contributed by atoms with van der Waals surface area (Å²) < 4.78 is 40.1. The highest BCUT2D eigenvalue weighted by Gasteiger charge is 2.53. The van der Waals surface area contributed by atoms with Gasteiger partial charge in [0.1, 0.15) is 54.9 Å². The molecule has 4 heterocycles. The highest BCUT2D eigenvalue weighted by Crippen LogP contribution is 2.34. The summed E-state index contributed by atoms with van der Waals surface area (Å²) in [6.45, 7) is 8.64. The molecule has 2 amide bonds. The third kappa shape index (κ3) is 8.15. The van der Waals surface area contributed by atoms with Gasteiger partial charge in [0, 0.05) is 20.3 Å². The third-order valence-electron chi connectivity index (χ3n) is 8.76. The maximum absolute atomic E-state index is 11.6. The molecule has 1 unspecified atom stereocenters. The monoisotopic (exact) mass is 668 g/mol. The van der Waals surface area contributed by atoms with E-state index in [1.54, 1.807) is 6.92 Å². The van der Waals surface area contributed by atoms with Crippen molar-refractivity contribution in [3.63, 3.8) is 0 Å². The molecule has 4 fully saturated rings. The first-order valence-electron chi connectivity index (χ1n) is 15.4. The molecule has 18 nitrogen and oxygen atoms in total. The van der Waals surface area contributed by atoms with Crippen LogP contribution in [0.25, 0.3) is 0 Å². The Morgan fingerprint density at radius 2 is 1.13 bits per heavy atom. The van der Waals surface area contributed by atoms with Crippen LogP contribution in [0.3, 0.4) is 0 Å². The molecule has 9 N–H and O–H groups in total. The SMILES string of the molecule is CC(=O)N[C@H]1[C@H](O)[C@@H](O)[C@H](O[C@H]2C(O)O[C@H](C)[C@@H](O[C@@H]3O[C@H](C)[C@@H](O)[C@H](O[C@H]4C[C@@H](NC(C)=O)[C@H](O)[C@@H](C)O4)[C@H]3O)[C@@H]2O)O[C@@H]1C. The lowest BCUT2D eigenvalue weighted by Gasteiger charge is -2.48. The normalized spacial score (nSPS) is 50.1. The van der Waals surface area contributed by atoms with Gasteiger partial charge in [-0.15, -0.1) is 0 Å². The van der Waals surface area contributed by atoms with Crippen molar-refractivity contribution in [2.24, 2.45) is 0 Å². The number of carbonyl (C=O) groups excluding carboxylic acids is 2. The van der Waals surface area contributed by atoms with Crippen molar-refractivity contribution >= 4 is 11.8 Å². The maximum Gasteiger partial charge on any atom is 0.217 e. The summed E-state index contributed by atoms with van der Waals surface area (Å²) in [7, 11) is 0. The van der Waals surface area contributed by atoms with Crippen molar-refractivity contribution in [3.05, 3.63) is 0 Å². The van der Waals surface area contributed by atoms with Crippen molar-refractivity contribution in [3.8, 4) is 0 Å². The fraction of sp³-hybridized carbons (Fsp3) is 0.929. The lowest BCUT2D eigenvalue weighted by molar-refractivity contribution is -0.379. The first kappa shape index (κ1) is 37.2. The summed E-state index contributed by atoms with van der Waals surface area (Å²) in [5.41, 5.74) is 0. The Morgan fingerprint density at radius 1 is 0.565 bits per heavy atom. The molecule has 0 radical (unpaired) electrons. The van der Waals surface area contributed by atoms with Crippen LogP contribution in [0.2, 0.25) is 0 Å². The topological polar surface area (TPSA) is 264 Å². The molecule has 4 aliphatic heterocycles. The van der Waals surface area contributed by atoms with Gasteiger partial charge in [-0.3, -0.25) is 9.59 Å². The van der Waals surface area contributed by atoms with Gasteiger partial charge < -0.3 is 79.5 Å². The van der Waals surface area contributed by atoms with E-state index in [1.807, 2.05) is 0 Å². The van der Waals surface area contributed by atoms with Crippen LogP contribution in [0.15, 0.2) is 0 Å². The molecule has 0 aliphatic carbocycles. The molecule has 19 atom stereocenters. The molecular weight excluding hydrogens is 620 g/mol. The van der Waals surface area contributed by atoms with Gasteiger partial charge in [-0.25, -0.2) is 0 Å². The van der Waals surface area contributed by atoms with Gasteiger partial charge in [0.15, 0.2) is 25.2 Å². The average Bonchev–Trinajstić information content (AvgIpc) is 2.96. The zero-order chi connectivity index (χ0) is 34.2. The molecule has 4 saturated heterocycles. The molecule has 266 valence electrons. The highest BCUT2D eigenvalue weighted by atomic mass is 16.8. The van der Waals surface area contributed by atoms with Gasteiger partial charge in [0.25, 0.3) is 0 Å². The molecular formula is C28H48N2O16. The standard InChI is InChI=1S/C28H48N2O16/c1-8-16(30-13(6)32)19(35)20(36)27(42-8)46-25-21(37)23(11(4)41-26(25)39)45-28-22(38)24(18(34)10(3)43-28)44-15-7-14(29-12(5)31)17(33)9(2)40-15/h8-11,14-28,33-39H,7H2,1-6H3,(H,29,31)(H,30,32)/t8-,9-,10-,11-,14-,15+,16-,17-,18-,19+,20-,21+,22-,23-,24+,25-,26?,27+,28+/m1/s1. The first-order chi connectivity index (χ1) is 21.5. The molecule has 18 heteroatoms. The van der Waals surface area contributed by atoms with Crippen LogP contribution in [0, 0.1) is 0 Å². The van der Waals surface area contributed by atoms with Crippen molar-refractivity contribution in [2.45, 2.75) is 165 Å². The van der Waals surface area contributed by atoms with Crippen LogP contribution < -0.4 is 10.6 Å². The second-order valence-corrected chi connectivity index (χ2v) is 12.4. The van der Waals surface area contributed by atoms with Gasteiger partial charge in [0.2, 0.25) is 11.8 Å². The number of amides is 2. The lowest BCUT2D eigenvalue weighted by Crippen LogP contribution is -2.66. The van der Waals surface area contributed by atoms with E-state index >= 15 is 0 Å². The van der Waals surface area contributed by atoms with Crippen LogP contribution in [0.5, 0.6) is 0 Å². The summed E-state index contributed by atoms with van der Waals surface area (Å²) in [5, 5.41) is 80.7. The Morgan fingerprint density at radius 3 is 1.76 bits per heavy atom. The van der Waals surface area contributed by atoms with Crippen molar-refractivity contribution < 1.29 is 78.5 Å². The molecule has 0 saturated carbocycles. The Kier molecular flexibility index (Phi) is 12.4. The molecule has 0 aromatic rings. The van der Waals surface area contributed by atoms with Gasteiger partial charge in [-0.2, -0.15) is 0 Å². The second-order valence-electron chi connectivity index (χ2n) is 12.4. The van der Waals surface area contributed by atoms with Crippen LogP contribution in [-0.2, 0) is 42.7 Å². The van der Waals surface area contributed by atoms with E-state index in [1.165, 1.54) is 34.6 Å². The number of hydrogen-bond acceptors (Lipinski definition) is 16. The Hall–Kier alpha value is -1.62. The molecule has 0 bridgehead atoms. The summed E-state index contributed by atoms with van der Waals surface area (Å²) in [5.74, 6) is -0.827. The van der Waals surface area contributed by atoms with Crippen LogP contribution in [0.1, 0.15) is 48.0 Å². The van der Waals surface area contributed by atoms with Gasteiger partial charge in [-0.05, 0) is 27.7 Å². The number of carbonyl (C=O) groups is 2. The highest BCUT2D eigenvalue weighted by molar-refractivity contribution is 5.73. The van der Waals surface area contributed by atoms with E-state index in [4.69, 9.17) is 33.2 Å². The van der Waals surface area contributed by atoms with Crippen molar-refractivity contribution in [1.82, 2.24) is 10.6 Å². The minimum absolute atomic E-state index is 0.0128. The number of ether oxygens (including phenoxy) is 7. The second kappa shape index (κ2) is 15.3. The molecule has 0 aromatic heterocycles. The van der Waals surface area contributed by atoms with Gasteiger partial charge >= 0.3 is 0 Å². The largest absolute Gasteiger partial charge is 0.388 e. The van der Waals surface area contributed by atoms with Crippen LogP contribution in [-0.4, -0.2) is 164 Å². The third-order valence-corrected chi connectivity index (χ3v) is 8.76. The van der Waals surface area contributed by atoms with E-state index < -0.39 is 123 Å². The number of hydrogen-bond donors (Lipinski definition) is 9. The number of aliphatic hydroxyl groups is 7. The van der Waals surface area contributed by atoms with E-state index in [0.717, 1.165) is 0 Å². The molecule has 4 rings (SSSR count). The van der Waals surface area contributed by atoms with E-state index in [9.17, 15) is 45.3 Å². The van der Waals surface area contributed by atoms with Crippen molar-refractivity contribution in [2.75, 3.05) is 0 Å². The number of rotatable bonds is 8. The summed E-state index contributed by atoms with van der Waals surface area (Å²) in [4.78, 5) is 23.1. The Balaban J connectivity index is 1.44. The smallest absolute Gasteiger partial charge is 0.217 e. The van der Waals surface area contributed by atoms with E-state index in [2.05, 4.69) is 10.6 Å². The van der Waals surface area contributed by atoms with Crippen molar-refractivity contribution in [1.29, 1.82) is 0 Å². The van der Waals surface area contributed by atoms with Crippen LogP contribution >= 0.6 is 0 Å². The van der Waals surface area contributed by atoms with Gasteiger partial charge in [0.05, 0.1) is 36.5 Å². The van der Waals surface area contributed by atoms with E-state index in [-0.39, 0.29) is 12.3 Å². The Bertz CT molecular complexity index is 1040. The summed E-state index contributed by atoms with van der Waals surface area (Å²) >= 11 is 0. The average molecular weight is 669 g/mol. The van der Waals surface area contributed by atoms with E-state index in [0.29, 0.717) is 0 Å². The molecule has 46 heavy (non-hydrogen) atoms. The molecule has 0 aromatic carbocycles. The fourth-order valence-electron chi connectivity index (χ4n) is 6.22. The van der Waals surface area contributed by atoms with Gasteiger partial charge in [-0.1, -0.05) is 0 Å². The summed E-state index contributed by atoms with van der Waals surface area (Å²) in [6, 6.07) is -1.67. The summed E-state index contributed by atoms with van der Waals surface area (Å²) in [6.07, 6.45) is -22.4. The number of aliphatic hydroxyl groups excluding tert-OH is 7. The predicted molar refractivity (Wildman–Crippen MR) is 150 cm³/mol. The zero-order valence-electron chi connectivity index (χ0n) is 26.5. The predicted octanol–water partition coefficient (Wildman–Crippen LogP) is -4.32. The molecule has 4 aliphatic rings. The fourth-order valence-corrected chi connectivity index (χ4v) is 6.22. The lowest BCUT2D eigenvalue weighted by atomic mass is 9.95. The first-order valence-corrected chi connectivity index (χ1v) is 15.4. The minimum Gasteiger partial charge on any atom is -0.388 e. The zero-order valence-corrected chi connectivity index (χ0v) is 26.5. The molecule has 0 spiro atoms. The number of nitrogens with one attached hydrogen (secondary N) is 2. The minimum atomic E-state index is -1.73.